The summed E-state index contributed by atoms with van der Waals surface area (Å²) in [5.74, 6) is 0.720. The van der Waals surface area contributed by atoms with Crippen molar-refractivity contribution in [3.8, 4) is 0 Å². The van der Waals surface area contributed by atoms with Crippen LogP contribution in [0.25, 0.3) is 0 Å². The lowest BCUT2D eigenvalue weighted by Crippen LogP contribution is -2.28. The first-order valence-electron chi connectivity index (χ1n) is 6.29. The first-order valence-corrected chi connectivity index (χ1v) is 6.29. The van der Waals surface area contributed by atoms with Gasteiger partial charge in [-0.05, 0) is 43.4 Å². The number of nitrogens with zero attached hydrogens (tertiary/aromatic N) is 3. The Kier molecular flexibility index (Phi) is 2.92. The van der Waals surface area contributed by atoms with Gasteiger partial charge in [0.25, 0.3) is 0 Å². The topological polar surface area (TPSA) is 50.7 Å². The van der Waals surface area contributed by atoms with Crippen molar-refractivity contribution in [1.29, 1.82) is 0 Å². The molecule has 4 nitrogen and oxygen atoms in total. The van der Waals surface area contributed by atoms with E-state index >= 15 is 0 Å². The SMILES string of the molecule is Cc1cnc(NC2CCc3ncccc3C2)nc1. The van der Waals surface area contributed by atoms with E-state index < -0.39 is 0 Å². The molecular formula is C14H16N4. The number of aromatic nitrogens is 3. The van der Waals surface area contributed by atoms with E-state index in [1.807, 2.05) is 31.6 Å². The van der Waals surface area contributed by atoms with Crippen LogP contribution in [0.4, 0.5) is 5.95 Å². The highest BCUT2D eigenvalue weighted by atomic mass is 15.1. The lowest BCUT2D eigenvalue weighted by atomic mass is 9.92. The minimum atomic E-state index is 0.407. The van der Waals surface area contributed by atoms with Gasteiger partial charge in [-0.3, -0.25) is 4.98 Å². The maximum atomic E-state index is 4.41. The van der Waals surface area contributed by atoms with Crippen molar-refractivity contribution in [3.63, 3.8) is 0 Å². The molecule has 0 aromatic carbocycles. The van der Waals surface area contributed by atoms with Crippen LogP contribution < -0.4 is 5.32 Å². The van der Waals surface area contributed by atoms with Crippen molar-refractivity contribution in [3.05, 3.63) is 47.5 Å². The summed E-state index contributed by atoms with van der Waals surface area (Å²) in [7, 11) is 0. The van der Waals surface area contributed by atoms with Crippen LogP contribution in [0.5, 0.6) is 0 Å². The number of anilines is 1. The standard InChI is InChI=1S/C14H16N4/c1-10-8-16-14(17-9-10)18-12-4-5-13-11(7-12)3-2-6-15-13/h2-3,6,8-9,12H,4-5,7H2,1H3,(H,16,17,18). The van der Waals surface area contributed by atoms with Gasteiger partial charge in [0.05, 0.1) is 0 Å². The van der Waals surface area contributed by atoms with E-state index in [-0.39, 0.29) is 0 Å². The number of fused-ring (bicyclic) bond motifs is 1. The number of nitrogens with one attached hydrogen (secondary N) is 1. The molecule has 4 heteroatoms. The molecule has 2 aromatic rings. The van der Waals surface area contributed by atoms with Crippen LogP contribution in [-0.2, 0) is 12.8 Å². The summed E-state index contributed by atoms with van der Waals surface area (Å²) in [5, 5.41) is 3.40. The summed E-state index contributed by atoms with van der Waals surface area (Å²) in [6.07, 6.45) is 8.67. The fourth-order valence-corrected chi connectivity index (χ4v) is 2.33. The summed E-state index contributed by atoms with van der Waals surface area (Å²) >= 11 is 0. The molecule has 1 N–H and O–H groups in total. The van der Waals surface area contributed by atoms with E-state index in [4.69, 9.17) is 0 Å². The Morgan fingerprint density at radius 2 is 2.06 bits per heavy atom. The molecule has 1 aliphatic rings. The minimum Gasteiger partial charge on any atom is -0.351 e. The van der Waals surface area contributed by atoms with Crippen LogP contribution in [0.15, 0.2) is 30.7 Å². The van der Waals surface area contributed by atoms with Crippen molar-refractivity contribution in [2.24, 2.45) is 0 Å². The zero-order chi connectivity index (χ0) is 12.4. The molecule has 2 heterocycles. The Bertz CT molecular complexity index is 536. The lowest BCUT2D eigenvalue weighted by molar-refractivity contribution is 0.594. The van der Waals surface area contributed by atoms with Gasteiger partial charge in [-0.15, -0.1) is 0 Å². The molecule has 0 amide bonds. The largest absolute Gasteiger partial charge is 0.351 e. The van der Waals surface area contributed by atoms with Gasteiger partial charge in [0.2, 0.25) is 5.95 Å². The molecular weight excluding hydrogens is 224 g/mol. The van der Waals surface area contributed by atoms with Crippen LogP contribution in [0.2, 0.25) is 0 Å². The van der Waals surface area contributed by atoms with Crippen molar-refractivity contribution in [2.45, 2.75) is 32.2 Å². The van der Waals surface area contributed by atoms with Crippen LogP contribution in [-0.4, -0.2) is 21.0 Å². The third-order valence-corrected chi connectivity index (χ3v) is 3.29. The lowest BCUT2D eigenvalue weighted by Gasteiger charge is -2.24. The Hall–Kier alpha value is -1.97. The number of pyridine rings is 1. The molecule has 0 bridgehead atoms. The van der Waals surface area contributed by atoms with E-state index in [2.05, 4.69) is 26.3 Å². The van der Waals surface area contributed by atoms with Gasteiger partial charge in [-0.2, -0.15) is 0 Å². The van der Waals surface area contributed by atoms with Crippen LogP contribution in [0.3, 0.4) is 0 Å². The highest BCUT2D eigenvalue weighted by Gasteiger charge is 2.19. The molecule has 1 unspecified atom stereocenters. The second-order valence-corrected chi connectivity index (χ2v) is 4.78. The van der Waals surface area contributed by atoms with Gasteiger partial charge in [0, 0.05) is 30.3 Å². The minimum absolute atomic E-state index is 0.407. The van der Waals surface area contributed by atoms with Gasteiger partial charge >= 0.3 is 0 Å². The molecule has 0 saturated heterocycles. The van der Waals surface area contributed by atoms with Gasteiger partial charge in [-0.1, -0.05) is 6.07 Å². The monoisotopic (exact) mass is 240 g/mol. The Labute approximate surface area is 107 Å². The molecule has 0 aliphatic heterocycles. The fraction of sp³-hybridized carbons (Fsp3) is 0.357. The van der Waals surface area contributed by atoms with E-state index in [0.717, 1.165) is 30.8 Å². The fourth-order valence-electron chi connectivity index (χ4n) is 2.33. The molecule has 0 radical (unpaired) electrons. The van der Waals surface area contributed by atoms with Gasteiger partial charge in [0.15, 0.2) is 0 Å². The van der Waals surface area contributed by atoms with Crippen LogP contribution >= 0.6 is 0 Å². The number of rotatable bonds is 2. The first kappa shape index (κ1) is 11.1. The van der Waals surface area contributed by atoms with Crippen molar-refractivity contribution in [2.75, 3.05) is 5.32 Å². The summed E-state index contributed by atoms with van der Waals surface area (Å²) in [5.41, 5.74) is 3.66. The molecule has 1 aliphatic carbocycles. The molecule has 92 valence electrons. The van der Waals surface area contributed by atoms with Crippen molar-refractivity contribution < 1.29 is 0 Å². The molecule has 18 heavy (non-hydrogen) atoms. The number of hydrogen-bond donors (Lipinski definition) is 1. The van der Waals surface area contributed by atoms with E-state index in [1.165, 1.54) is 11.3 Å². The second kappa shape index (κ2) is 4.72. The number of aryl methyl sites for hydroxylation is 2. The molecule has 1 atom stereocenters. The van der Waals surface area contributed by atoms with Gasteiger partial charge in [0.1, 0.15) is 0 Å². The summed E-state index contributed by atoms with van der Waals surface area (Å²) in [6, 6.07) is 4.57. The maximum Gasteiger partial charge on any atom is 0.222 e. The average Bonchev–Trinajstić information content (AvgIpc) is 2.41. The summed E-state index contributed by atoms with van der Waals surface area (Å²) in [6.45, 7) is 1.99. The van der Waals surface area contributed by atoms with E-state index in [9.17, 15) is 0 Å². The molecule has 3 rings (SSSR count). The van der Waals surface area contributed by atoms with Gasteiger partial charge < -0.3 is 5.32 Å². The summed E-state index contributed by atoms with van der Waals surface area (Å²) in [4.78, 5) is 13.0. The summed E-state index contributed by atoms with van der Waals surface area (Å²) < 4.78 is 0. The van der Waals surface area contributed by atoms with E-state index in [1.54, 1.807) is 0 Å². The second-order valence-electron chi connectivity index (χ2n) is 4.78. The van der Waals surface area contributed by atoms with Gasteiger partial charge in [-0.25, -0.2) is 9.97 Å². The maximum absolute atomic E-state index is 4.41. The molecule has 0 saturated carbocycles. The normalized spacial score (nSPS) is 18.2. The molecule has 2 aromatic heterocycles. The van der Waals surface area contributed by atoms with Crippen LogP contribution in [0.1, 0.15) is 23.2 Å². The highest BCUT2D eigenvalue weighted by molar-refractivity contribution is 5.31. The smallest absolute Gasteiger partial charge is 0.222 e. The van der Waals surface area contributed by atoms with E-state index in [0.29, 0.717) is 6.04 Å². The van der Waals surface area contributed by atoms with Crippen LogP contribution in [0, 0.1) is 6.92 Å². The van der Waals surface area contributed by atoms with Crippen molar-refractivity contribution >= 4 is 5.95 Å². The quantitative estimate of drug-likeness (QED) is 0.874. The number of hydrogen-bond acceptors (Lipinski definition) is 4. The Morgan fingerprint density at radius 3 is 2.89 bits per heavy atom. The predicted octanol–water partition coefficient (Wildman–Crippen LogP) is 2.15. The average molecular weight is 240 g/mol. The zero-order valence-electron chi connectivity index (χ0n) is 10.4. The first-order chi connectivity index (χ1) is 8.81. The predicted molar refractivity (Wildman–Crippen MR) is 70.4 cm³/mol. The zero-order valence-corrected chi connectivity index (χ0v) is 10.4. The molecule has 0 spiro atoms. The Morgan fingerprint density at radius 1 is 1.22 bits per heavy atom. The Balaban J connectivity index is 1.71. The highest BCUT2D eigenvalue weighted by Crippen LogP contribution is 2.20. The third-order valence-electron chi connectivity index (χ3n) is 3.29. The third kappa shape index (κ3) is 2.32. The van der Waals surface area contributed by atoms with Crippen molar-refractivity contribution in [1.82, 2.24) is 15.0 Å². The molecule has 0 fully saturated rings.